The summed E-state index contributed by atoms with van der Waals surface area (Å²) < 4.78 is 10.3. The van der Waals surface area contributed by atoms with Crippen LogP contribution in [0, 0.1) is 5.92 Å². The van der Waals surface area contributed by atoms with Gasteiger partial charge in [-0.05, 0) is 30.2 Å². The zero-order valence-corrected chi connectivity index (χ0v) is 15.1. The fraction of sp³-hybridized carbons (Fsp3) is 0.444. The second-order valence-corrected chi connectivity index (χ2v) is 6.01. The topological polar surface area (TPSA) is 115 Å². The molecule has 1 heterocycles. The molecular weight excluding hydrogens is 338 g/mol. The van der Waals surface area contributed by atoms with Crippen LogP contribution in [0.5, 0.6) is 5.75 Å². The first-order valence-corrected chi connectivity index (χ1v) is 8.43. The van der Waals surface area contributed by atoms with E-state index in [1.807, 2.05) is 19.1 Å². The van der Waals surface area contributed by atoms with Gasteiger partial charge in [0.05, 0.1) is 7.11 Å². The number of carboxylic acid groups (broad SMARTS) is 1. The first kappa shape index (κ1) is 19.4. The molecule has 0 aliphatic carbocycles. The van der Waals surface area contributed by atoms with Crippen molar-refractivity contribution in [1.82, 2.24) is 15.5 Å². The van der Waals surface area contributed by atoms with Gasteiger partial charge in [0, 0.05) is 18.4 Å². The third kappa shape index (κ3) is 5.05. The highest BCUT2D eigenvalue weighted by atomic mass is 16.5. The Labute approximate surface area is 151 Å². The molecule has 2 rings (SSSR count). The lowest BCUT2D eigenvalue weighted by atomic mass is 9.99. The molecule has 0 bridgehead atoms. The molecule has 140 valence electrons. The van der Waals surface area contributed by atoms with Gasteiger partial charge in [0.1, 0.15) is 11.8 Å². The number of rotatable bonds is 9. The second kappa shape index (κ2) is 8.98. The summed E-state index contributed by atoms with van der Waals surface area (Å²) in [6, 6.07) is 6.30. The molecule has 1 aromatic heterocycles. The highest BCUT2D eigenvalue weighted by Gasteiger charge is 2.25. The first-order valence-electron chi connectivity index (χ1n) is 8.43. The van der Waals surface area contributed by atoms with Gasteiger partial charge in [-0.3, -0.25) is 4.79 Å². The molecule has 2 N–H and O–H groups in total. The zero-order valence-electron chi connectivity index (χ0n) is 15.1. The van der Waals surface area contributed by atoms with Crippen LogP contribution in [0.25, 0.3) is 11.4 Å². The van der Waals surface area contributed by atoms with Crippen molar-refractivity contribution in [3.63, 3.8) is 0 Å². The molecule has 0 saturated heterocycles. The van der Waals surface area contributed by atoms with Crippen molar-refractivity contribution in [3.05, 3.63) is 30.2 Å². The number of carboxylic acids is 1. The Morgan fingerprint density at radius 1 is 1.31 bits per heavy atom. The van der Waals surface area contributed by atoms with Crippen molar-refractivity contribution in [3.8, 4) is 17.1 Å². The molecule has 2 atom stereocenters. The van der Waals surface area contributed by atoms with E-state index in [4.69, 9.17) is 9.26 Å². The van der Waals surface area contributed by atoms with Gasteiger partial charge in [-0.2, -0.15) is 4.98 Å². The van der Waals surface area contributed by atoms with Crippen molar-refractivity contribution in [2.45, 2.75) is 39.2 Å². The molecule has 1 amide bonds. The monoisotopic (exact) mass is 361 g/mol. The van der Waals surface area contributed by atoms with Crippen LogP contribution in [-0.2, 0) is 16.0 Å². The summed E-state index contributed by atoms with van der Waals surface area (Å²) in [4.78, 5) is 27.5. The Hall–Kier alpha value is -2.90. The lowest BCUT2D eigenvalue weighted by Gasteiger charge is -2.19. The van der Waals surface area contributed by atoms with Gasteiger partial charge < -0.3 is 19.7 Å². The predicted octanol–water partition coefficient (Wildman–Crippen LogP) is 2.29. The molecule has 2 unspecified atom stereocenters. The van der Waals surface area contributed by atoms with Gasteiger partial charge in [-0.25, -0.2) is 4.79 Å². The van der Waals surface area contributed by atoms with E-state index in [0.29, 0.717) is 18.1 Å². The third-order valence-electron chi connectivity index (χ3n) is 4.18. The summed E-state index contributed by atoms with van der Waals surface area (Å²) in [5, 5.41) is 15.7. The number of benzene rings is 1. The third-order valence-corrected chi connectivity index (χ3v) is 4.18. The summed E-state index contributed by atoms with van der Waals surface area (Å²) in [6.07, 6.45) is 0.971. The molecule has 8 heteroatoms. The number of hydrogen-bond donors (Lipinski definition) is 2. The number of aliphatic carboxylic acids is 1. The Kier molecular flexibility index (Phi) is 6.71. The van der Waals surface area contributed by atoms with Gasteiger partial charge >= 0.3 is 5.97 Å². The average molecular weight is 361 g/mol. The largest absolute Gasteiger partial charge is 0.497 e. The number of nitrogens with zero attached hydrogens (tertiary/aromatic N) is 2. The zero-order chi connectivity index (χ0) is 19.1. The molecule has 0 aliphatic heterocycles. The molecule has 0 fully saturated rings. The number of carbonyl (C=O) groups is 2. The number of amides is 1. The maximum Gasteiger partial charge on any atom is 0.326 e. The molecule has 26 heavy (non-hydrogen) atoms. The van der Waals surface area contributed by atoms with E-state index in [2.05, 4.69) is 15.5 Å². The van der Waals surface area contributed by atoms with Gasteiger partial charge in [0.2, 0.25) is 17.6 Å². The van der Waals surface area contributed by atoms with Crippen LogP contribution in [0.4, 0.5) is 0 Å². The lowest BCUT2D eigenvalue weighted by molar-refractivity contribution is -0.143. The van der Waals surface area contributed by atoms with Gasteiger partial charge in [-0.1, -0.05) is 25.4 Å². The van der Waals surface area contributed by atoms with E-state index < -0.39 is 12.0 Å². The van der Waals surface area contributed by atoms with E-state index in [1.165, 1.54) is 0 Å². The maximum atomic E-state index is 12.0. The number of hydrogen-bond acceptors (Lipinski definition) is 6. The number of aromatic nitrogens is 2. The van der Waals surface area contributed by atoms with E-state index in [0.717, 1.165) is 11.3 Å². The van der Waals surface area contributed by atoms with Crippen LogP contribution >= 0.6 is 0 Å². The number of nitrogens with one attached hydrogen (secondary N) is 1. The normalized spacial score (nSPS) is 13.0. The number of ether oxygens (including phenoxy) is 1. The minimum atomic E-state index is -1.03. The van der Waals surface area contributed by atoms with Gasteiger partial charge in [-0.15, -0.1) is 0 Å². The standard InChI is InChI=1S/C18H23N3O5/c1-4-11(2)16(18(23)24)19-14(22)9-10-15-20-17(21-26-15)12-5-7-13(25-3)8-6-12/h5-8,11,16H,4,9-10H2,1-3H3,(H,19,22)(H,23,24). The van der Waals surface area contributed by atoms with E-state index >= 15 is 0 Å². The van der Waals surface area contributed by atoms with Crippen LogP contribution < -0.4 is 10.1 Å². The predicted molar refractivity (Wildman–Crippen MR) is 93.6 cm³/mol. The van der Waals surface area contributed by atoms with E-state index in [9.17, 15) is 14.7 Å². The summed E-state index contributed by atoms with van der Waals surface area (Å²) in [5.41, 5.74) is 0.771. The number of aryl methyl sites for hydroxylation is 1. The number of methoxy groups -OCH3 is 1. The molecule has 0 saturated carbocycles. The quantitative estimate of drug-likeness (QED) is 0.704. The Morgan fingerprint density at radius 2 is 2.00 bits per heavy atom. The van der Waals surface area contributed by atoms with Crippen LogP contribution in [0.2, 0.25) is 0 Å². The molecule has 0 radical (unpaired) electrons. The summed E-state index contributed by atoms with van der Waals surface area (Å²) >= 11 is 0. The van der Waals surface area contributed by atoms with E-state index in [1.54, 1.807) is 26.2 Å². The Morgan fingerprint density at radius 3 is 2.58 bits per heavy atom. The summed E-state index contributed by atoms with van der Waals surface area (Å²) in [5.74, 6) is -0.0772. The van der Waals surface area contributed by atoms with Crippen molar-refractivity contribution < 1.29 is 24.0 Å². The summed E-state index contributed by atoms with van der Waals surface area (Å²) in [6.45, 7) is 3.67. The maximum absolute atomic E-state index is 12.0. The van der Waals surface area contributed by atoms with E-state index in [-0.39, 0.29) is 24.7 Å². The van der Waals surface area contributed by atoms with Crippen LogP contribution in [-0.4, -0.2) is 40.3 Å². The molecule has 1 aromatic carbocycles. The van der Waals surface area contributed by atoms with Crippen molar-refractivity contribution in [2.75, 3.05) is 7.11 Å². The molecule has 8 nitrogen and oxygen atoms in total. The van der Waals surface area contributed by atoms with Crippen molar-refractivity contribution >= 4 is 11.9 Å². The fourth-order valence-corrected chi connectivity index (χ4v) is 2.36. The first-order chi connectivity index (χ1) is 12.4. The fourth-order valence-electron chi connectivity index (χ4n) is 2.36. The van der Waals surface area contributed by atoms with Crippen molar-refractivity contribution in [1.29, 1.82) is 0 Å². The number of carbonyl (C=O) groups excluding carboxylic acids is 1. The van der Waals surface area contributed by atoms with Crippen LogP contribution in [0.15, 0.2) is 28.8 Å². The highest BCUT2D eigenvalue weighted by Crippen LogP contribution is 2.20. The molecule has 0 aliphatic rings. The smallest absolute Gasteiger partial charge is 0.326 e. The second-order valence-electron chi connectivity index (χ2n) is 6.01. The minimum Gasteiger partial charge on any atom is -0.497 e. The van der Waals surface area contributed by atoms with Gasteiger partial charge in [0.15, 0.2) is 0 Å². The van der Waals surface area contributed by atoms with Crippen molar-refractivity contribution in [2.24, 2.45) is 5.92 Å². The van der Waals surface area contributed by atoms with Gasteiger partial charge in [0.25, 0.3) is 0 Å². The molecular formula is C18H23N3O5. The Balaban J connectivity index is 1.92. The molecule has 2 aromatic rings. The summed E-state index contributed by atoms with van der Waals surface area (Å²) in [7, 11) is 1.59. The molecule has 0 spiro atoms. The SMILES string of the molecule is CCC(C)C(NC(=O)CCc1nc(-c2ccc(OC)cc2)no1)C(=O)O. The Bertz CT molecular complexity index is 742. The lowest BCUT2D eigenvalue weighted by Crippen LogP contribution is -2.45. The average Bonchev–Trinajstić information content (AvgIpc) is 3.12. The minimum absolute atomic E-state index is 0.0739. The van der Waals surface area contributed by atoms with Crippen LogP contribution in [0.3, 0.4) is 0 Å². The highest BCUT2D eigenvalue weighted by molar-refractivity contribution is 5.83. The van der Waals surface area contributed by atoms with Crippen LogP contribution in [0.1, 0.15) is 32.6 Å².